The highest BCUT2D eigenvalue weighted by atomic mass is 15.5. The number of aromatic nitrogens is 2. The summed E-state index contributed by atoms with van der Waals surface area (Å²) in [6.45, 7) is 1.66. The minimum Gasteiger partial charge on any atom is -0.344 e. The van der Waals surface area contributed by atoms with Gasteiger partial charge in [0.1, 0.15) is 0 Å². The Bertz CT molecular complexity index is 2310. The van der Waals surface area contributed by atoms with Crippen molar-refractivity contribution in [3.63, 3.8) is 0 Å². The smallest absolute Gasteiger partial charge is 0.0593 e. The molecule has 0 amide bonds. The number of hydrogen-bond acceptors (Lipinski definition) is 4. The van der Waals surface area contributed by atoms with Crippen molar-refractivity contribution in [1.29, 1.82) is 0 Å². The van der Waals surface area contributed by atoms with E-state index in [9.17, 15) is 0 Å². The highest BCUT2D eigenvalue weighted by Gasteiger charge is 2.11. The summed E-state index contributed by atoms with van der Waals surface area (Å²) >= 11 is 0. The molecule has 6 aromatic carbocycles. The van der Waals surface area contributed by atoms with Gasteiger partial charge in [-0.2, -0.15) is 10.2 Å². The molecule has 0 saturated carbocycles. The summed E-state index contributed by atoms with van der Waals surface area (Å²) in [5.41, 5.74) is 9.32. The van der Waals surface area contributed by atoms with Crippen molar-refractivity contribution in [2.45, 2.75) is 19.3 Å². The number of rotatable bonds is 12. The fourth-order valence-electron chi connectivity index (χ4n) is 7.21. The minimum atomic E-state index is 0.830. The molecule has 51 heavy (non-hydrogen) atoms. The quantitative estimate of drug-likeness (QED) is 0.0740. The van der Waals surface area contributed by atoms with Crippen LogP contribution in [-0.2, 0) is 14.1 Å². The molecule has 2 heterocycles. The van der Waals surface area contributed by atoms with E-state index in [2.05, 4.69) is 179 Å². The molecule has 2 aromatic heterocycles. The third kappa shape index (κ3) is 6.61. The van der Waals surface area contributed by atoms with Crippen LogP contribution >= 0.6 is 0 Å². The highest BCUT2D eigenvalue weighted by molar-refractivity contribution is 6.10. The first-order chi connectivity index (χ1) is 25.1. The second-order valence-corrected chi connectivity index (χ2v) is 13.2. The van der Waals surface area contributed by atoms with E-state index in [0.29, 0.717) is 0 Å². The predicted octanol–water partition coefficient (Wildman–Crippen LogP) is 10.5. The van der Waals surface area contributed by atoms with E-state index in [1.54, 1.807) is 0 Å². The molecular weight excluding hydrogens is 625 g/mol. The second kappa shape index (κ2) is 14.4. The Balaban J connectivity index is 0.951. The molecule has 0 unspecified atom stereocenters. The number of fused-ring (bicyclic) bond motifs is 6. The zero-order valence-corrected chi connectivity index (χ0v) is 29.2. The van der Waals surface area contributed by atoms with Gasteiger partial charge in [0.15, 0.2) is 0 Å². The summed E-state index contributed by atoms with van der Waals surface area (Å²) in [6, 6.07) is 51.3. The van der Waals surface area contributed by atoms with E-state index < -0.39 is 0 Å². The van der Waals surface area contributed by atoms with Gasteiger partial charge in [-0.1, -0.05) is 84.9 Å². The van der Waals surface area contributed by atoms with E-state index in [1.807, 2.05) is 12.4 Å². The Morgan fingerprint density at radius 1 is 0.431 bits per heavy atom. The van der Waals surface area contributed by atoms with Gasteiger partial charge in [0, 0.05) is 70.8 Å². The lowest BCUT2D eigenvalue weighted by Gasteiger charge is -2.21. The lowest BCUT2D eigenvalue weighted by atomic mass is 10.1. The van der Waals surface area contributed by atoms with Gasteiger partial charge in [-0.05, 0) is 91.1 Å². The second-order valence-electron chi connectivity index (χ2n) is 13.2. The summed E-state index contributed by atoms with van der Waals surface area (Å²) < 4.78 is 4.52. The predicted molar refractivity (Wildman–Crippen MR) is 217 cm³/mol. The molecular formula is C45H42N6. The zero-order chi connectivity index (χ0) is 34.6. The normalized spacial score (nSPS) is 12.0. The maximum Gasteiger partial charge on any atom is 0.0593 e. The molecule has 0 radical (unpaired) electrons. The van der Waals surface area contributed by atoms with E-state index in [1.165, 1.54) is 43.6 Å². The first-order valence-corrected chi connectivity index (χ1v) is 17.8. The Morgan fingerprint density at radius 2 is 0.824 bits per heavy atom. The summed E-state index contributed by atoms with van der Waals surface area (Å²) in [5, 5.41) is 19.3. The van der Waals surface area contributed by atoms with Crippen molar-refractivity contribution >= 4 is 67.4 Å². The van der Waals surface area contributed by atoms with Gasteiger partial charge in [-0.25, -0.2) is 0 Å². The largest absolute Gasteiger partial charge is 0.344 e. The van der Waals surface area contributed by atoms with Gasteiger partial charge < -0.3 is 9.13 Å². The van der Waals surface area contributed by atoms with Crippen molar-refractivity contribution in [2.24, 2.45) is 24.3 Å². The Morgan fingerprint density at radius 3 is 1.27 bits per heavy atom. The van der Waals surface area contributed by atoms with Crippen LogP contribution in [0.25, 0.3) is 43.6 Å². The van der Waals surface area contributed by atoms with Crippen LogP contribution in [0.2, 0.25) is 0 Å². The van der Waals surface area contributed by atoms with Crippen LogP contribution in [-0.4, -0.2) is 34.7 Å². The molecule has 0 atom stereocenters. The zero-order valence-electron chi connectivity index (χ0n) is 29.2. The van der Waals surface area contributed by atoms with Crippen molar-refractivity contribution in [2.75, 3.05) is 23.1 Å². The first-order valence-electron chi connectivity index (χ1n) is 17.8. The number of hydrazone groups is 2. The molecule has 0 N–H and O–H groups in total. The van der Waals surface area contributed by atoms with Crippen LogP contribution < -0.4 is 10.0 Å². The third-order valence-electron chi connectivity index (χ3n) is 9.92. The lowest BCUT2D eigenvalue weighted by molar-refractivity contribution is 0.648. The molecule has 6 nitrogen and oxygen atoms in total. The van der Waals surface area contributed by atoms with Crippen LogP contribution in [0, 0.1) is 0 Å². The number of unbranched alkanes of at least 4 members (excludes halogenated alkanes) is 2. The van der Waals surface area contributed by atoms with Crippen LogP contribution in [0.1, 0.15) is 30.4 Å². The monoisotopic (exact) mass is 666 g/mol. The molecule has 8 aromatic rings. The van der Waals surface area contributed by atoms with Gasteiger partial charge >= 0.3 is 0 Å². The maximum atomic E-state index is 5.01. The molecule has 0 fully saturated rings. The van der Waals surface area contributed by atoms with E-state index in [-0.39, 0.29) is 0 Å². The van der Waals surface area contributed by atoms with E-state index in [0.717, 1.165) is 54.9 Å². The number of anilines is 2. The van der Waals surface area contributed by atoms with Gasteiger partial charge in [0.2, 0.25) is 0 Å². The molecule has 8 rings (SSSR count). The summed E-state index contributed by atoms with van der Waals surface area (Å²) in [5.74, 6) is 0. The average molecular weight is 667 g/mol. The standard InChI is InChI=1S/C45H42N6/c1-48-42-22-12-10-20-38(42)40-30-34(24-26-44(40)48)32-46-50(36-16-6-3-7-17-36)28-14-5-15-29-51(37-18-8-4-9-19-37)47-33-35-25-27-45-41(31-35)39-21-11-13-23-43(39)49(45)2/h3-4,6-13,16-27,30-33H,5,14-15,28-29H2,1-2H3/b46-32+,47-33+. The highest BCUT2D eigenvalue weighted by Crippen LogP contribution is 2.30. The van der Waals surface area contributed by atoms with Crippen LogP contribution in [0.3, 0.4) is 0 Å². The topological polar surface area (TPSA) is 41.1 Å². The van der Waals surface area contributed by atoms with Crippen molar-refractivity contribution < 1.29 is 0 Å². The molecule has 0 spiro atoms. The fraction of sp³-hybridized carbons (Fsp3) is 0.156. The van der Waals surface area contributed by atoms with Gasteiger partial charge in [-0.3, -0.25) is 10.0 Å². The van der Waals surface area contributed by atoms with Crippen LogP contribution in [0.5, 0.6) is 0 Å². The van der Waals surface area contributed by atoms with Crippen molar-refractivity contribution in [3.05, 3.63) is 157 Å². The summed E-state index contributed by atoms with van der Waals surface area (Å²) in [7, 11) is 4.26. The molecule has 0 aliphatic carbocycles. The Hall–Kier alpha value is -6.14. The maximum absolute atomic E-state index is 5.01. The van der Waals surface area contributed by atoms with Crippen molar-refractivity contribution in [3.8, 4) is 0 Å². The average Bonchev–Trinajstić information content (AvgIpc) is 3.64. The van der Waals surface area contributed by atoms with Gasteiger partial charge in [-0.15, -0.1) is 0 Å². The summed E-state index contributed by atoms with van der Waals surface area (Å²) in [4.78, 5) is 0. The lowest BCUT2D eigenvalue weighted by Crippen LogP contribution is -2.20. The Kier molecular flexibility index (Phi) is 9.05. The van der Waals surface area contributed by atoms with Crippen LogP contribution in [0.15, 0.2) is 156 Å². The fourth-order valence-corrected chi connectivity index (χ4v) is 7.21. The number of para-hydroxylation sites is 4. The first kappa shape index (κ1) is 32.1. The van der Waals surface area contributed by atoms with Crippen molar-refractivity contribution in [1.82, 2.24) is 9.13 Å². The minimum absolute atomic E-state index is 0.830. The molecule has 0 bridgehead atoms. The number of benzene rings is 6. The van der Waals surface area contributed by atoms with Gasteiger partial charge in [0.05, 0.1) is 23.8 Å². The van der Waals surface area contributed by atoms with E-state index >= 15 is 0 Å². The van der Waals surface area contributed by atoms with Crippen LogP contribution in [0.4, 0.5) is 11.4 Å². The molecule has 252 valence electrons. The number of hydrogen-bond donors (Lipinski definition) is 0. The molecule has 6 heteroatoms. The molecule has 0 aliphatic heterocycles. The third-order valence-corrected chi connectivity index (χ3v) is 9.92. The van der Waals surface area contributed by atoms with E-state index in [4.69, 9.17) is 10.2 Å². The van der Waals surface area contributed by atoms with Gasteiger partial charge in [0.25, 0.3) is 0 Å². The SMILES string of the molecule is Cn1c2ccccc2c2cc(/C=N/N(CCCCCN(/N=C/c3ccc4c(c3)c3ccccc3n4C)c3ccccc3)c3ccccc3)ccc21. The summed E-state index contributed by atoms with van der Waals surface area (Å²) in [6.07, 6.45) is 7.07. The Labute approximate surface area is 299 Å². The molecule has 0 aliphatic rings. The molecule has 0 saturated heterocycles. The number of nitrogens with zero attached hydrogens (tertiary/aromatic N) is 6. The number of aryl methyl sites for hydroxylation is 2.